The van der Waals surface area contributed by atoms with Gasteiger partial charge in [-0.05, 0) is 70.9 Å². The molecule has 0 saturated carbocycles. The van der Waals surface area contributed by atoms with Gasteiger partial charge in [0, 0.05) is 13.2 Å². The van der Waals surface area contributed by atoms with Crippen molar-refractivity contribution in [3.8, 4) is 0 Å². The van der Waals surface area contributed by atoms with Gasteiger partial charge in [-0.1, -0.05) is 137 Å². The van der Waals surface area contributed by atoms with Crippen molar-refractivity contribution in [1.82, 2.24) is 4.90 Å². The maximum Gasteiger partial charge on any atom is 0.308 e. The van der Waals surface area contributed by atoms with E-state index in [0.29, 0.717) is 13.2 Å². The molecule has 0 aromatic heterocycles. The van der Waals surface area contributed by atoms with E-state index in [9.17, 15) is 14.7 Å². The summed E-state index contributed by atoms with van der Waals surface area (Å²) in [5, 5.41) is 9.36. The molecule has 274 valence electrons. The highest BCUT2D eigenvalue weighted by molar-refractivity contribution is 5.72. The molecule has 1 N–H and O–H groups in total. The third kappa shape index (κ3) is 27.9. The SMILES string of the molecule is CCCCCCC[C@H](CCCC)C(=O)OCCCCCCN(CCCO)CCCCCCOC(=O)C(CCCC)CCCCCC. The Kier molecular flexibility index (Phi) is 34.3. The van der Waals surface area contributed by atoms with Crippen molar-refractivity contribution in [3.63, 3.8) is 0 Å². The van der Waals surface area contributed by atoms with Gasteiger partial charge in [0.15, 0.2) is 0 Å². The van der Waals surface area contributed by atoms with Gasteiger partial charge in [0.1, 0.15) is 0 Å². The molecular weight excluding hydrogens is 574 g/mol. The van der Waals surface area contributed by atoms with E-state index >= 15 is 0 Å². The van der Waals surface area contributed by atoms with Crippen LogP contribution in [-0.4, -0.2) is 61.4 Å². The summed E-state index contributed by atoms with van der Waals surface area (Å²) >= 11 is 0. The Morgan fingerprint density at radius 1 is 0.457 bits per heavy atom. The van der Waals surface area contributed by atoms with Gasteiger partial charge in [0.25, 0.3) is 0 Å². The van der Waals surface area contributed by atoms with E-state index in [4.69, 9.17) is 9.47 Å². The van der Waals surface area contributed by atoms with E-state index in [1.165, 1.54) is 44.9 Å². The molecule has 0 bridgehead atoms. The van der Waals surface area contributed by atoms with Crippen LogP contribution in [0.2, 0.25) is 0 Å². The molecule has 2 atom stereocenters. The summed E-state index contributed by atoms with van der Waals surface area (Å²) in [6, 6.07) is 0. The van der Waals surface area contributed by atoms with Gasteiger partial charge < -0.3 is 19.5 Å². The monoisotopic (exact) mass is 654 g/mol. The van der Waals surface area contributed by atoms with Crippen LogP contribution in [0.3, 0.4) is 0 Å². The number of aliphatic hydroxyl groups is 1. The Balaban J connectivity index is 4.13. The lowest BCUT2D eigenvalue weighted by molar-refractivity contribution is -0.150. The topological polar surface area (TPSA) is 76.1 Å². The normalized spacial score (nSPS) is 12.8. The molecule has 0 aliphatic carbocycles. The summed E-state index contributed by atoms with van der Waals surface area (Å²) < 4.78 is 11.4. The van der Waals surface area contributed by atoms with Crippen molar-refractivity contribution < 1.29 is 24.2 Å². The lowest BCUT2D eigenvalue weighted by atomic mass is 9.95. The minimum atomic E-state index is 0.0302. The molecule has 46 heavy (non-hydrogen) atoms. The minimum Gasteiger partial charge on any atom is -0.465 e. The smallest absolute Gasteiger partial charge is 0.308 e. The second-order valence-electron chi connectivity index (χ2n) is 13.8. The lowest BCUT2D eigenvalue weighted by Crippen LogP contribution is -2.28. The van der Waals surface area contributed by atoms with Crippen LogP contribution in [0.15, 0.2) is 0 Å². The molecule has 1 unspecified atom stereocenters. The van der Waals surface area contributed by atoms with Gasteiger partial charge in [0.2, 0.25) is 0 Å². The number of hydrogen-bond acceptors (Lipinski definition) is 6. The van der Waals surface area contributed by atoms with Crippen molar-refractivity contribution in [2.24, 2.45) is 11.8 Å². The summed E-state index contributed by atoms with van der Waals surface area (Å²) in [6.45, 7) is 13.3. The highest BCUT2D eigenvalue weighted by Crippen LogP contribution is 2.21. The fourth-order valence-corrected chi connectivity index (χ4v) is 6.27. The molecule has 0 aliphatic rings. The summed E-state index contributed by atoms with van der Waals surface area (Å²) in [7, 11) is 0. The van der Waals surface area contributed by atoms with Crippen molar-refractivity contribution in [2.45, 2.75) is 195 Å². The quantitative estimate of drug-likeness (QED) is 0.0536. The molecule has 0 aliphatic heterocycles. The van der Waals surface area contributed by atoms with Crippen LogP contribution >= 0.6 is 0 Å². The van der Waals surface area contributed by atoms with Crippen LogP contribution in [0.4, 0.5) is 0 Å². The van der Waals surface area contributed by atoms with Crippen molar-refractivity contribution in [1.29, 1.82) is 0 Å². The first-order valence-corrected chi connectivity index (χ1v) is 20.2. The minimum absolute atomic E-state index is 0.0302. The molecule has 0 saturated heterocycles. The number of rotatable bonds is 36. The van der Waals surface area contributed by atoms with Gasteiger partial charge in [0.05, 0.1) is 25.0 Å². The number of ether oxygens (including phenoxy) is 2. The average molecular weight is 654 g/mol. The number of aliphatic hydroxyl groups excluding tert-OH is 1. The third-order valence-electron chi connectivity index (χ3n) is 9.40. The van der Waals surface area contributed by atoms with Crippen LogP contribution < -0.4 is 0 Å². The highest BCUT2D eigenvalue weighted by Gasteiger charge is 2.20. The van der Waals surface area contributed by atoms with E-state index in [1.54, 1.807) is 0 Å². The van der Waals surface area contributed by atoms with Crippen LogP contribution in [0.1, 0.15) is 195 Å². The molecule has 0 fully saturated rings. The summed E-state index contributed by atoms with van der Waals surface area (Å²) in [5.74, 6) is 0.239. The predicted molar refractivity (Wildman–Crippen MR) is 195 cm³/mol. The molecule has 0 radical (unpaired) electrons. The van der Waals surface area contributed by atoms with E-state index in [2.05, 4.69) is 32.6 Å². The fourth-order valence-electron chi connectivity index (χ4n) is 6.27. The Hall–Kier alpha value is -1.14. The lowest BCUT2D eigenvalue weighted by Gasteiger charge is -2.22. The Morgan fingerprint density at radius 3 is 1.24 bits per heavy atom. The molecule has 6 nitrogen and oxygen atoms in total. The van der Waals surface area contributed by atoms with Gasteiger partial charge in [-0.15, -0.1) is 0 Å². The fraction of sp³-hybridized carbons (Fsp3) is 0.950. The molecular formula is C40H79NO5. The van der Waals surface area contributed by atoms with Gasteiger partial charge in [-0.2, -0.15) is 0 Å². The molecule has 6 heteroatoms. The number of carbonyl (C=O) groups excluding carboxylic acids is 2. The van der Waals surface area contributed by atoms with Crippen molar-refractivity contribution in [2.75, 3.05) is 39.5 Å². The van der Waals surface area contributed by atoms with Crippen LogP contribution in [0, 0.1) is 11.8 Å². The van der Waals surface area contributed by atoms with Crippen LogP contribution in [0.5, 0.6) is 0 Å². The summed E-state index contributed by atoms with van der Waals surface area (Å²) in [6.07, 6.45) is 28.9. The van der Waals surface area contributed by atoms with Gasteiger partial charge in [-0.3, -0.25) is 9.59 Å². The number of nitrogens with zero attached hydrogens (tertiary/aromatic N) is 1. The van der Waals surface area contributed by atoms with E-state index in [-0.39, 0.29) is 30.4 Å². The second-order valence-corrected chi connectivity index (χ2v) is 13.8. The van der Waals surface area contributed by atoms with Crippen LogP contribution in [-0.2, 0) is 19.1 Å². The Labute approximate surface area is 286 Å². The first kappa shape index (κ1) is 44.9. The van der Waals surface area contributed by atoms with Gasteiger partial charge >= 0.3 is 11.9 Å². The van der Waals surface area contributed by atoms with E-state index in [1.807, 2.05) is 0 Å². The zero-order chi connectivity index (χ0) is 33.9. The number of unbranched alkanes of at least 4 members (excludes halogenated alkanes) is 15. The van der Waals surface area contributed by atoms with Gasteiger partial charge in [-0.25, -0.2) is 0 Å². The molecule has 0 aromatic rings. The molecule has 0 rings (SSSR count). The second kappa shape index (κ2) is 35.2. The molecule has 0 heterocycles. The number of esters is 2. The molecule has 0 amide bonds. The summed E-state index contributed by atoms with van der Waals surface area (Å²) in [5.41, 5.74) is 0. The zero-order valence-corrected chi connectivity index (χ0v) is 31.3. The first-order chi connectivity index (χ1) is 22.5. The third-order valence-corrected chi connectivity index (χ3v) is 9.40. The maximum atomic E-state index is 12.7. The maximum absolute atomic E-state index is 12.7. The van der Waals surface area contributed by atoms with E-state index < -0.39 is 0 Å². The molecule has 0 spiro atoms. The standard InChI is InChI=1S/C40H79NO5/c1-5-9-13-15-21-30-38(28-12-8-4)40(44)46-36-25-19-17-23-32-41(33-26-34-42)31-22-16-18-24-35-45-39(43)37(27-11-7-3)29-20-14-10-6-2/h37-38,42H,5-36H2,1-4H3/t37?,38-/m0/s1. The first-order valence-electron chi connectivity index (χ1n) is 20.2. The Morgan fingerprint density at radius 2 is 0.804 bits per heavy atom. The zero-order valence-electron chi connectivity index (χ0n) is 31.3. The van der Waals surface area contributed by atoms with E-state index in [0.717, 1.165) is 142 Å². The average Bonchev–Trinajstić information content (AvgIpc) is 3.06. The largest absolute Gasteiger partial charge is 0.465 e. The van der Waals surface area contributed by atoms with Crippen molar-refractivity contribution in [3.05, 3.63) is 0 Å². The van der Waals surface area contributed by atoms with Crippen LogP contribution in [0.25, 0.3) is 0 Å². The number of hydrogen-bond donors (Lipinski definition) is 1. The molecule has 0 aromatic carbocycles. The predicted octanol–water partition coefficient (Wildman–Crippen LogP) is 10.8. The number of carbonyl (C=O) groups is 2. The Bertz CT molecular complexity index is 658. The summed E-state index contributed by atoms with van der Waals surface area (Å²) in [4.78, 5) is 27.9. The highest BCUT2D eigenvalue weighted by atomic mass is 16.5. The van der Waals surface area contributed by atoms with Crippen molar-refractivity contribution >= 4 is 11.9 Å².